The molecule has 0 aliphatic carbocycles. The topological polar surface area (TPSA) is 25.4 Å². The number of hydrogen-bond acceptors (Lipinski definition) is 3. The van der Waals surface area contributed by atoms with Gasteiger partial charge in [0, 0.05) is 24.1 Å². The van der Waals surface area contributed by atoms with Crippen LogP contribution < -0.4 is 9.64 Å². The zero-order chi connectivity index (χ0) is 13.7. The van der Waals surface area contributed by atoms with Crippen LogP contribution in [0.3, 0.4) is 0 Å². The van der Waals surface area contributed by atoms with Crippen molar-refractivity contribution in [2.24, 2.45) is 5.92 Å². The quantitative estimate of drug-likeness (QED) is 0.768. The molecule has 19 heavy (non-hydrogen) atoms. The first kappa shape index (κ1) is 14.6. The molecule has 2 rings (SSSR count). The Morgan fingerprint density at radius 2 is 2.21 bits per heavy atom. The van der Waals surface area contributed by atoms with Gasteiger partial charge in [-0.05, 0) is 37.3 Å². The van der Waals surface area contributed by atoms with Crippen LogP contribution >= 0.6 is 15.9 Å². The number of anilines is 1. The van der Waals surface area contributed by atoms with Crippen LogP contribution in [-0.2, 0) is 0 Å². The van der Waals surface area contributed by atoms with E-state index >= 15 is 0 Å². The first-order valence-corrected chi connectivity index (χ1v) is 8.10. The highest BCUT2D eigenvalue weighted by Crippen LogP contribution is 2.31. The molecule has 0 amide bonds. The smallest absolute Gasteiger partial charge is 0.171 e. The summed E-state index contributed by atoms with van der Waals surface area (Å²) in [6.07, 6.45) is 5.32. The lowest BCUT2D eigenvalue weighted by molar-refractivity contribution is 0.314. The molecule has 0 radical (unpaired) electrons. The number of aromatic nitrogens is 1. The van der Waals surface area contributed by atoms with Crippen LogP contribution in [0, 0.1) is 5.92 Å². The van der Waals surface area contributed by atoms with Crippen LogP contribution in [0.4, 0.5) is 5.82 Å². The Hall–Kier alpha value is -0.770. The molecule has 1 aliphatic heterocycles. The molecule has 0 spiro atoms. The monoisotopic (exact) mass is 326 g/mol. The van der Waals surface area contributed by atoms with Gasteiger partial charge in [0.25, 0.3) is 0 Å². The first-order valence-electron chi connectivity index (χ1n) is 7.19. The molecule has 0 bridgehead atoms. The number of rotatable bonds is 5. The molecule has 1 aromatic rings. The van der Waals surface area contributed by atoms with Crippen molar-refractivity contribution in [2.45, 2.75) is 37.9 Å². The van der Waals surface area contributed by atoms with Crippen LogP contribution in [0.2, 0.25) is 0 Å². The minimum Gasteiger partial charge on any atom is -0.490 e. The summed E-state index contributed by atoms with van der Waals surface area (Å²) in [6.45, 7) is 7.27. The number of piperidine rings is 1. The summed E-state index contributed by atoms with van der Waals surface area (Å²) < 4.78 is 5.80. The fourth-order valence-corrected chi connectivity index (χ4v) is 3.04. The average molecular weight is 327 g/mol. The van der Waals surface area contributed by atoms with Crippen LogP contribution in [-0.4, -0.2) is 29.5 Å². The minimum atomic E-state index is 0.606. The van der Waals surface area contributed by atoms with Crippen LogP contribution in [0.5, 0.6) is 5.75 Å². The van der Waals surface area contributed by atoms with Crippen LogP contribution in [0.25, 0.3) is 0 Å². The summed E-state index contributed by atoms with van der Waals surface area (Å²) in [5, 5.41) is 0. The highest BCUT2D eigenvalue weighted by molar-refractivity contribution is 9.09. The number of pyridine rings is 1. The Labute approximate surface area is 124 Å². The lowest BCUT2D eigenvalue weighted by Gasteiger charge is -2.34. The fourth-order valence-electron chi connectivity index (χ4n) is 2.51. The normalized spacial score (nSPS) is 18.4. The third-order valence-corrected chi connectivity index (χ3v) is 4.45. The molecule has 1 saturated heterocycles. The third kappa shape index (κ3) is 3.85. The second-order valence-electron chi connectivity index (χ2n) is 5.18. The molecule has 1 aromatic heterocycles. The minimum absolute atomic E-state index is 0.606. The van der Waals surface area contributed by atoms with Gasteiger partial charge in [0.15, 0.2) is 11.6 Å². The van der Waals surface area contributed by atoms with Gasteiger partial charge in [-0.2, -0.15) is 0 Å². The first-order chi connectivity index (χ1) is 9.22. The van der Waals surface area contributed by atoms with Gasteiger partial charge in [0.2, 0.25) is 0 Å². The van der Waals surface area contributed by atoms with Crippen molar-refractivity contribution in [3.63, 3.8) is 0 Å². The number of hydrogen-bond donors (Lipinski definition) is 0. The number of halogens is 1. The van der Waals surface area contributed by atoms with Gasteiger partial charge < -0.3 is 9.64 Å². The molecule has 0 N–H and O–H groups in total. The molecule has 2 heterocycles. The largest absolute Gasteiger partial charge is 0.490 e. The Morgan fingerprint density at radius 3 is 2.84 bits per heavy atom. The van der Waals surface area contributed by atoms with Crippen LogP contribution in [0.1, 0.15) is 33.1 Å². The molecule has 106 valence electrons. The molecule has 1 aliphatic rings. The molecule has 3 nitrogen and oxygen atoms in total. The summed E-state index contributed by atoms with van der Waals surface area (Å²) in [5.74, 6) is 2.71. The van der Waals surface area contributed by atoms with Crippen molar-refractivity contribution in [3.05, 3.63) is 18.3 Å². The van der Waals surface area contributed by atoms with E-state index in [-0.39, 0.29) is 0 Å². The molecule has 0 aromatic carbocycles. The Balaban J connectivity index is 2.02. The summed E-state index contributed by atoms with van der Waals surface area (Å²) >= 11 is 3.70. The maximum Gasteiger partial charge on any atom is 0.171 e. The van der Waals surface area contributed by atoms with Gasteiger partial charge in [-0.3, -0.25) is 0 Å². The Bertz CT molecular complexity index is 389. The van der Waals surface area contributed by atoms with Gasteiger partial charge in [-0.15, -0.1) is 0 Å². The molecule has 0 saturated carbocycles. The predicted octanol–water partition coefficient (Wildman–Crippen LogP) is 3.87. The second-order valence-corrected chi connectivity index (χ2v) is 6.62. The third-order valence-electron chi connectivity index (χ3n) is 3.70. The van der Waals surface area contributed by atoms with E-state index < -0.39 is 0 Å². The van der Waals surface area contributed by atoms with Gasteiger partial charge in [-0.1, -0.05) is 29.8 Å². The van der Waals surface area contributed by atoms with E-state index in [4.69, 9.17) is 4.74 Å². The average Bonchev–Trinajstić information content (AvgIpc) is 2.45. The van der Waals surface area contributed by atoms with Crippen molar-refractivity contribution in [3.8, 4) is 5.75 Å². The summed E-state index contributed by atoms with van der Waals surface area (Å²) in [4.78, 5) is 7.48. The summed E-state index contributed by atoms with van der Waals surface area (Å²) in [6, 6.07) is 3.97. The molecule has 1 fully saturated rings. The molecule has 4 heteroatoms. The lowest BCUT2D eigenvalue weighted by atomic mass is 9.94. The van der Waals surface area contributed by atoms with E-state index in [1.807, 2.05) is 18.3 Å². The van der Waals surface area contributed by atoms with Crippen molar-refractivity contribution in [1.82, 2.24) is 4.98 Å². The maximum absolute atomic E-state index is 5.80. The fraction of sp³-hybridized carbons (Fsp3) is 0.667. The van der Waals surface area contributed by atoms with Crippen LogP contribution in [0.15, 0.2) is 18.3 Å². The van der Waals surface area contributed by atoms with E-state index in [0.717, 1.165) is 43.6 Å². The van der Waals surface area contributed by atoms with Crippen molar-refractivity contribution >= 4 is 21.7 Å². The molecule has 1 unspecified atom stereocenters. The Morgan fingerprint density at radius 1 is 1.47 bits per heavy atom. The van der Waals surface area contributed by atoms with E-state index in [0.29, 0.717) is 4.83 Å². The lowest BCUT2D eigenvalue weighted by Crippen LogP contribution is -2.36. The summed E-state index contributed by atoms with van der Waals surface area (Å²) in [7, 11) is 0. The Kier molecular flexibility index (Phi) is 5.49. The van der Waals surface area contributed by atoms with Crippen molar-refractivity contribution in [1.29, 1.82) is 0 Å². The summed E-state index contributed by atoms with van der Waals surface area (Å²) in [5.41, 5.74) is 0. The van der Waals surface area contributed by atoms with Gasteiger partial charge in [0.05, 0.1) is 6.61 Å². The highest BCUT2D eigenvalue weighted by atomic mass is 79.9. The van der Waals surface area contributed by atoms with Gasteiger partial charge in [0.1, 0.15) is 0 Å². The van der Waals surface area contributed by atoms with E-state index in [2.05, 4.69) is 39.7 Å². The zero-order valence-electron chi connectivity index (χ0n) is 11.8. The molecular formula is C15H23BrN2O. The zero-order valence-corrected chi connectivity index (χ0v) is 13.4. The van der Waals surface area contributed by atoms with Gasteiger partial charge in [-0.25, -0.2) is 4.98 Å². The van der Waals surface area contributed by atoms with E-state index in [1.165, 1.54) is 12.8 Å². The van der Waals surface area contributed by atoms with Crippen molar-refractivity contribution in [2.75, 3.05) is 24.6 Å². The number of ether oxygens (including phenoxy) is 1. The number of alkyl halides is 1. The standard InChI is InChI=1S/C15H23BrN2O/c1-3-11-19-14-5-4-8-17-15(14)18-9-6-13(7-10-18)12(2)16/h4-5,8,12-13H,3,6-7,9-11H2,1-2H3. The second kappa shape index (κ2) is 7.13. The van der Waals surface area contributed by atoms with E-state index in [9.17, 15) is 0 Å². The molecular weight excluding hydrogens is 304 g/mol. The number of nitrogens with zero attached hydrogens (tertiary/aromatic N) is 2. The highest BCUT2D eigenvalue weighted by Gasteiger charge is 2.24. The SMILES string of the molecule is CCCOc1cccnc1N1CCC(C(C)Br)CC1. The van der Waals surface area contributed by atoms with Gasteiger partial charge >= 0.3 is 0 Å². The van der Waals surface area contributed by atoms with E-state index in [1.54, 1.807) is 0 Å². The van der Waals surface area contributed by atoms with Crippen molar-refractivity contribution < 1.29 is 4.74 Å². The molecule has 1 atom stereocenters. The predicted molar refractivity (Wildman–Crippen MR) is 83.3 cm³/mol. The maximum atomic E-state index is 5.80.